The zero-order valence-electron chi connectivity index (χ0n) is 10.5. The smallest absolute Gasteiger partial charge is 0.248 e. The molecule has 0 spiro atoms. The van der Waals surface area contributed by atoms with E-state index in [4.69, 9.17) is 4.74 Å². The van der Waals surface area contributed by atoms with Crippen molar-refractivity contribution in [2.45, 2.75) is 26.7 Å². The molecule has 0 saturated carbocycles. The minimum absolute atomic E-state index is 0.142. The lowest BCUT2D eigenvalue weighted by molar-refractivity contribution is -0.137. The Balaban J connectivity index is 2.06. The topological polar surface area (TPSA) is 41.6 Å². The first-order chi connectivity index (χ1) is 7.74. The Hall–Kier alpha value is -0.610. The molecule has 1 aliphatic heterocycles. The van der Waals surface area contributed by atoms with Gasteiger partial charge in [-0.15, -0.1) is 0 Å². The molecule has 0 aromatic rings. The number of nitrogens with zero attached hydrogens (tertiary/aromatic N) is 1. The van der Waals surface area contributed by atoms with Crippen molar-refractivity contribution in [3.63, 3.8) is 0 Å². The predicted molar refractivity (Wildman–Crippen MR) is 64.3 cm³/mol. The highest BCUT2D eigenvalue weighted by atomic mass is 16.5. The van der Waals surface area contributed by atoms with Gasteiger partial charge in [0.2, 0.25) is 5.91 Å². The molecule has 1 amide bonds. The second-order valence-corrected chi connectivity index (χ2v) is 4.47. The predicted octanol–water partition coefficient (Wildman–Crippen LogP) is 0.871. The van der Waals surface area contributed by atoms with Crippen molar-refractivity contribution in [1.29, 1.82) is 0 Å². The highest BCUT2D eigenvalue weighted by molar-refractivity contribution is 5.77. The van der Waals surface area contributed by atoms with Gasteiger partial charge in [-0.3, -0.25) is 4.79 Å². The summed E-state index contributed by atoms with van der Waals surface area (Å²) in [6.07, 6.45) is 2.26. The highest BCUT2D eigenvalue weighted by Crippen LogP contribution is 2.15. The van der Waals surface area contributed by atoms with Crippen LogP contribution in [0.4, 0.5) is 0 Å². The number of carbonyl (C=O) groups is 1. The van der Waals surface area contributed by atoms with Gasteiger partial charge in [-0.1, -0.05) is 13.8 Å². The van der Waals surface area contributed by atoms with E-state index in [1.807, 2.05) is 4.90 Å². The Labute approximate surface area is 98.3 Å². The summed E-state index contributed by atoms with van der Waals surface area (Å²) in [5.41, 5.74) is 0. The molecular weight excluding hydrogens is 204 g/mol. The number of piperidine rings is 1. The molecule has 1 fully saturated rings. The van der Waals surface area contributed by atoms with E-state index >= 15 is 0 Å². The maximum atomic E-state index is 11.7. The standard InChI is InChI=1S/C12H24N2O2/c1-3-13-6-9-16-10-12(15)14-7-4-11(2)5-8-14/h11,13H,3-10H2,1-2H3. The largest absolute Gasteiger partial charge is 0.370 e. The van der Waals surface area contributed by atoms with E-state index in [9.17, 15) is 4.79 Å². The van der Waals surface area contributed by atoms with Crippen molar-refractivity contribution < 1.29 is 9.53 Å². The third kappa shape index (κ3) is 4.94. The van der Waals surface area contributed by atoms with Gasteiger partial charge in [0.25, 0.3) is 0 Å². The molecule has 0 unspecified atom stereocenters. The van der Waals surface area contributed by atoms with Crippen LogP contribution in [-0.2, 0) is 9.53 Å². The summed E-state index contributed by atoms with van der Waals surface area (Å²) in [7, 11) is 0. The Morgan fingerprint density at radius 3 is 2.75 bits per heavy atom. The lowest BCUT2D eigenvalue weighted by Crippen LogP contribution is -2.40. The minimum Gasteiger partial charge on any atom is -0.370 e. The summed E-state index contributed by atoms with van der Waals surface area (Å²) in [6.45, 7) is 8.72. The molecule has 16 heavy (non-hydrogen) atoms. The van der Waals surface area contributed by atoms with Crippen molar-refractivity contribution in [1.82, 2.24) is 10.2 Å². The number of ether oxygens (including phenoxy) is 1. The number of rotatable bonds is 6. The first-order valence-corrected chi connectivity index (χ1v) is 6.30. The molecule has 1 aliphatic rings. The molecule has 94 valence electrons. The molecular formula is C12H24N2O2. The highest BCUT2D eigenvalue weighted by Gasteiger charge is 2.19. The van der Waals surface area contributed by atoms with Crippen LogP contribution in [0.3, 0.4) is 0 Å². The van der Waals surface area contributed by atoms with Crippen LogP contribution in [0.25, 0.3) is 0 Å². The Kier molecular flexibility index (Phi) is 6.42. The summed E-state index contributed by atoms with van der Waals surface area (Å²) < 4.78 is 5.32. The average Bonchev–Trinajstić information content (AvgIpc) is 2.29. The fraction of sp³-hybridized carbons (Fsp3) is 0.917. The van der Waals surface area contributed by atoms with E-state index in [1.54, 1.807) is 0 Å². The number of hydrogen-bond acceptors (Lipinski definition) is 3. The maximum Gasteiger partial charge on any atom is 0.248 e. The average molecular weight is 228 g/mol. The van der Waals surface area contributed by atoms with E-state index in [0.717, 1.165) is 44.9 Å². The molecule has 1 rings (SSSR count). The summed E-state index contributed by atoms with van der Waals surface area (Å²) in [5.74, 6) is 0.905. The zero-order chi connectivity index (χ0) is 11.8. The number of hydrogen-bond donors (Lipinski definition) is 1. The van der Waals surface area contributed by atoms with Crippen LogP contribution in [0.5, 0.6) is 0 Å². The van der Waals surface area contributed by atoms with Crippen molar-refractivity contribution in [2.75, 3.05) is 39.4 Å². The van der Waals surface area contributed by atoms with Gasteiger partial charge in [-0.25, -0.2) is 0 Å². The SMILES string of the molecule is CCNCCOCC(=O)N1CCC(C)CC1. The number of likely N-dealkylation sites (tertiary alicyclic amines) is 1. The van der Waals surface area contributed by atoms with E-state index in [0.29, 0.717) is 6.61 Å². The summed E-state index contributed by atoms with van der Waals surface area (Å²) in [5, 5.41) is 3.16. The molecule has 4 nitrogen and oxygen atoms in total. The number of carbonyl (C=O) groups excluding carboxylic acids is 1. The fourth-order valence-electron chi connectivity index (χ4n) is 1.83. The second kappa shape index (κ2) is 7.63. The third-order valence-electron chi connectivity index (χ3n) is 3.04. The first kappa shape index (κ1) is 13.5. The van der Waals surface area contributed by atoms with Crippen molar-refractivity contribution in [3.8, 4) is 0 Å². The van der Waals surface area contributed by atoms with Gasteiger partial charge in [0.05, 0.1) is 6.61 Å². The molecule has 1 saturated heterocycles. The zero-order valence-corrected chi connectivity index (χ0v) is 10.5. The first-order valence-electron chi connectivity index (χ1n) is 6.30. The molecule has 0 aromatic heterocycles. The van der Waals surface area contributed by atoms with Crippen LogP contribution >= 0.6 is 0 Å². The van der Waals surface area contributed by atoms with Crippen molar-refractivity contribution >= 4 is 5.91 Å². The van der Waals surface area contributed by atoms with Crippen LogP contribution in [0.2, 0.25) is 0 Å². The Morgan fingerprint density at radius 1 is 1.44 bits per heavy atom. The maximum absolute atomic E-state index is 11.7. The molecule has 1 heterocycles. The quantitative estimate of drug-likeness (QED) is 0.686. The van der Waals surface area contributed by atoms with Gasteiger partial charge in [0, 0.05) is 19.6 Å². The lowest BCUT2D eigenvalue weighted by Gasteiger charge is -2.30. The van der Waals surface area contributed by atoms with Gasteiger partial charge < -0.3 is 15.0 Å². The normalized spacial score (nSPS) is 17.8. The summed E-state index contributed by atoms with van der Waals surface area (Å²) in [4.78, 5) is 13.6. The summed E-state index contributed by atoms with van der Waals surface area (Å²) in [6, 6.07) is 0. The van der Waals surface area contributed by atoms with Crippen LogP contribution in [0.1, 0.15) is 26.7 Å². The lowest BCUT2D eigenvalue weighted by atomic mass is 9.99. The van der Waals surface area contributed by atoms with E-state index in [-0.39, 0.29) is 12.5 Å². The van der Waals surface area contributed by atoms with Gasteiger partial charge >= 0.3 is 0 Å². The molecule has 0 aliphatic carbocycles. The van der Waals surface area contributed by atoms with E-state index < -0.39 is 0 Å². The molecule has 0 radical (unpaired) electrons. The van der Waals surface area contributed by atoms with Gasteiger partial charge in [0.1, 0.15) is 6.61 Å². The van der Waals surface area contributed by atoms with E-state index in [2.05, 4.69) is 19.2 Å². The number of amides is 1. The van der Waals surface area contributed by atoms with E-state index in [1.165, 1.54) is 0 Å². The number of likely N-dealkylation sites (N-methyl/N-ethyl adjacent to an activating group) is 1. The monoisotopic (exact) mass is 228 g/mol. The van der Waals surface area contributed by atoms with Crippen molar-refractivity contribution in [3.05, 3.63) is 0 Å². The second-order valence-electron chi connectivity index (χ2n) is 4.47. The van der Waals surface area contributed by atoms with Crippen LogP contribution < -0.4 is 5.32 Å². The Bertz CT molecular complexity index is 201. The Morgan fingerprint density at radius 2 is 2.12 bits per heavy atom. The van der Waals surface area contributed by atoms with Gasteiger partial charge in [-0.2, -0.15) is 0 Å². The third-order valence-corrected chi connectivity index (χ3v) is 3.04. The molecule has 0 bridgehead atoms. The van der Waals surface area contributed by atoms with Crippen LogP contribution in [-0.4, -0.2) is 50.2 Å². The van der Waals surface area contributed by atoms with Gasteiger partial charge in [-0.05, 0) is 25.3 Å². The molecule has 0 aromatic carbocycles. The summed E-state index contributed by atoms with van der Waals surface area (Å²) >= 11 is 0. The van der Waals surface area contributed by atoms with Crippen LogP contribution in [0.15, 0.2) is 0 Å². The van der Waals surface area contributed by atoms with Crippen LogP contribution in [0, 0.1) is 5.92 Å². The molecule has 1 N–H and O–H groups in total. The van der Waals surface area contributed by atoms with Crippen molar-refractivity contribution in [2.24, 2.45) is 5.92 Å². The minimum atomic E-state index is 0.142. The fourth-order valence-corrected chi connectivity index (χ4v) is 1.83. The van der Waals surface area contributed by atoms with Gasteiger partial charge in [0.15, 0.2) is 0 Å². The molecule has 0 atom stereocenters. The molecule has 4 heteroatoms. The number of nitrogens with one attached hydrogen (secondary N) is 1.